The summed E-state index contributed by atoms with van der Waals surface area (Å²) in [5.41, 5.74) is 5.70. The Hall–Kier alpha value is -1.24. The molecule has 0 amide bonds. The molecule has 1 atom stereocenters. The van der Waals surface area contributed by atoms with Crippen molar-refractivity contribution in [3.05, 3.63) is 35.5 Å². The predicted molar refractivity (Wildman–Crippen MR) is 74.5 cm³/mol. The highest BCUT2D eigenvalue weighted by Gasteiger charge is 2.36. The Morgan fingerprint density at radius 1 is 0.944 bits per heavy atom. The lowest BCUT2D eigenvalue weighted by atomic mass is 9.78. The van der Waals surface area contributed by atoms with Crippen molar-refractivity contribution < 1.29 is 0 Å². The van der Waals surface area contributed by atoms with Gasteiger partial charge >= 0.3 is 0 Å². The van der Waals surface area contributed by atoms with Gasteiger partial charge in [-0.15, -0.1) is 0 Å². The van der Waals surface area contributed by atoms with E-state index in [9.17, 15) is 0 Å². The van der Waals surface area contributed by atoms with E-state index in [1.807, 2.05) is 0 Å². The zero-order chi connectivity index (χ0) is 11.9. The molecule has 1 aromatic carbocycles. The summed E-state index contributed by atoms with van der Waals surface area (Å²) in [7, 11) is 0. The average molecular weight is 238 g/mol. The summed E-state index contributed by atoms with van der Waals surface area (Å²) >= 11 is 0. The van der Waals surface area contributed by atoms with E-state index >= 15 is 0 Å². The number of hydrogen-bond acceptors (Lipinski definition) is 0. The van der Waals surface area contributed by atoms with Crippen molar-refractivity contribution in [1.82, 2.24) is 5.32 Å². The molecule has 1 heteroatoms. The van der Waals surface area contributed by atoms with E-state index in [1.54, 1.807) is 5.57 Å². The van der Waals surface area contributed by atoms with E-state index in [4.69, 9.17) is 5.32 Å². The third-order valence-corrected chi connectivity index (χ3v) is 5.04. The molecule has 1 aliphatic heterocycles. The molecule has 0 saturated heterocycles. The third-order valence-electron chi connectivity index (χ3n) is 5.04. The molecule has 1 radical (unpaired) electrons. The minimum Gasteiger partial charge on any atom is -0.252 e. The molecule has 1 unspecified atom stereocenters. The quantitative estimate of drug-likeness (QED) is 0.677. The molecule has 1 heterocycles. The number of para-hydroxylation sites is 1. The highest BCUT2D eigenvalue weighted by molar-refractivity contribution is 5.82. The SMILES string of the molecule is c1ccc2c(c1)[N]C1=C2CCCC1C1CCCC1. The second-order valence-electron chi connectivity index (χ2n) is 6.04. The normalized spacial score (nSPS) is 27.0. The summed E-state index contributed by atoms with van der Waals surface area (Å²) in [5.74, 6) is 1.69. The largest absolute Gasteiger partial charge is 0.252 e. The average Bonchev–Trinajstić information content (AvgIpc) is 3.05. The fourth-order valence-electron chi connectivity index (χ4n) is 4.19. The standard InChI is InChI=1S/C17H20N/c1-2-7-12(6-1)13-9-5-10-15-14-8-3-4-11-16(14)18-17(13)15/h3-4,8,11-13H,1-2,5-7,9-10H2. The van der Waals surface area contributed by atoms with Crippen molar-refractivity contribution in [3.8, 4) is 0 Å². The fourth-order valence-corrected chi connectivity index (χ4v) is 4.19. The van der Waals surface area contributed by atoms with Crippen molar-refractivity contribution in [2.45, 2.75) is 44.9 Å². The molecule has 0 aromatic heterocycles. The van der Waals surface area contributed by atoms with E-state index in [-0.39, 0.29) is 0 Å². The summed E-state index contributed by atoms with van der Waals surface area (Å²) in [6.07, 6.45) is 9.75. The van der Waals surface area contributed by atoms with E-state index in [0.29, 0.717) is 0 Å². The maximum atomic E-state index is 4.98. The molecular weight excluding hydrogens is 218 g/mol. The van der Waals surface area contributed by atoms with Crippen molar-refractivity contribution in [1.29, 1.82) is 0 Å². The number of benzene rings is 1. The van der Waals surface area contributed by atoms with Gasteiger partial charge in [-0.1, -0.05) is 31.0 Å². The second-order valence-corrected chi connectivity index (χ2v) is 6.04. The Bertz CT molecular complexity index is 494. The second kappa shape index (κ2) is 4.15. The highest BCUT2D eigenvalue weighted by atomic mass is 14.9. The first-order valence-corrected chi connectivity index (χ1v) is 7.47. The summed E-state index contributed by atoms with van der Waals surface area (Å²) in [6.45, 7) is 0. The van der Waals surface area contributed by atoms with Crippen molar-refractivity contribution in [3.63, 3.8) is 0 Å². The van der Waals surface area contributed by atoms with Gasteiger partial charge in [0.15, 0.2) is 0 Å². The molecule has 2 aliphatic carbocycles. The van der Waals surface area contributed by atoms with Crippen LogP contribution in [-0.2, 0) is 0 Å². The van der Waals surface area contributed by atoms with Crippen LogP contribution in [0.5, 0.6) is 0 Å². The van der Waals surface area contributed by atoms with Gasteiger partial charge in [0.25, 0.3) is 0 Å². The predicted octanol–water partition coefficient (Wildman–Crippen LogP) is 4.64. The fraction of sp³-hybridized carbons (Fsp3) is 0.529. The van der Waals surface area contributed by atoms with Crippen molar-refractivity contribution in [2.24, 2.45) is 11.8 Å². The molecule has 1 aromatic rings. The molecular formula is C17H20N. The maximum absolute atomic E-state index is 4.98. The molecule has 0 N–H and O–H groups in total. The first kappa shape index (κ1) is 10.7. The van der Waals surface area contributed by atoms with Crippen LogP contribution in [0.15, 0.2) is 30.0 Å². The summed E-state index contributed by atoms with van der Waals surface area (Å²) in [4.78, 5) is 0. The number of nitrogens with zero attached hydrogens (tertiary/aromatic N) is 1. The topological polar surface area (TPSA) is 14.1 Å². The molecule has 1 fully saturated rings. The summed E-state index contributed by atoms with van der Waals surface area (Å²) in [5, 5.41) is 4.98. The van der Waals surface area contributed by atoms with Crippen molar-refractivity contribution >= 4 is 11.3 Å². The van der Waals surface area contributed by atoms with E-state index < -0.39 is 0 Å². The van der Waals surface area contributed by atoms with E-state index in [1.165, 1.54) is 61.9 Å². The minimum absolute atomic E-state index is 0.767. The maximum Gasteiger partial charge on any atom is 0.0708 e. The van der Waals surface area contributed by atoms with Crippen LogP contribution in [0, 0.1) is 11.8 Å². The lowest BCUT2D eigenvalue weighted by Crippen LogP contribution is -2.20. The van der Waals surface area contributed by atoms with Gasteiger partial charge in [0.05, 0.1) is 5.69 Å². The molecule has 1 saturated carbocycles. The van der Waals surface area contributed by atoms with Crippen LogP contribution in [0.1, 0.15) is 50.5 Å². The van der Waals surface area contributed by atoms with Gasteiger partial charge in [-0.25, -0.2) is 0 Å². The minimum atomic E-state index is 0.767. The number of allylic oxidation sites excluding steroid dienone is 2. The zero-order valence-corrected chi connectivity index (χ0v) is 10.9. The van der Waals surface area contributed by atoms with Crippen LogP contribution in [0.25, 0.3) is 5.57 Å². The third kappa shape index (κ3) is 1.53. The van der Waals surface area contributed by atoms with Gasteiger partial charge in [-0.3, -0.25) is 5.32 Å². The smallest absolute Gasteiger partial charge is 0.0708 e. The van der Waals surface area contributed by atoms with E-state index in [0.717, 1.165) is 11.8 Å². The number of hydrogen-bond donors (Lipinski definition) is 0. The Labute approximate surface area is 109 Å². The molecule has 1 nitrogen and oxygen atoms in total. The van der Waals surface area contributed by atoms with E-state index in [2.05, 4.69) is 24.3 Å². The van der Waals surface area contributed by atoms with Crippen LogP contribution >= 0.6 is 0 Å². The van der Waals surface area contributed by atoms with Crippen LogP contribution < -0.4 is 5.32 Å². The summed E-state index contributed by atoms with van der Waals surface area (Å²) < 4.78 is 0. The van der Waals surface area contributed by atoms with Gasteiger partial charge < -0.3 is 0 Å². The van der Waals surface area contributed by atoms with Gasteiger partial charge in [0, 0.05) is 17.2 Å². The Morgan fingerprint density at radius 2 is 1.78 bits per heavy atom. The Kier molecular flexibility index (Phi) is 2.46. The van der Waals surface area contributed by atoms with Crippen LogP contribution in [0.3, 0.4) is 0 Å². The summed E-state index contributed by atoms with van der Waals surface area (Å²) in [6, 6.07) is 8.71. The van der Waals surface area contributed by atoms with Crippen LogP contribution in [0.2, 0.25) is 0 Å². The van der Waals surface area contributed by atoms with Gasteiger partial charge in [0.1, 0.15) is 0 Å². The first-order valence-electron chi connectivity index (χ1n) is 7.47. The number of fused-ring (bicyclic) bond motifs is 2. The number of rotatable bonds is 1. The lowest BCUT2D eigenvalue weighted by Gasteiger charge is -2.28. The molecule has 4 rings (SSSR count). The first-order chi connectivity index (χ1) is 8.93. The molecule has 3 aliphatic rings. The molecule has 0 spiro atoms. The Morgan fingerprint density at radius 3 is 2.67 bits per heavy atom. The van der Waals surface area contributed by atoms with Gasteiger partial charge in [0.2, 0.25) is 0 Å². The van der Waals surface area contributed by atoms with Crippen molar-refractivity contribution in [2.75, 3.05) is 0 Å². The van der Waals surface area contributed by atoms with Crippen LogP contribution in [-0.4, -0.2) is 0 Å². The zero-order valence-electron chi connectivity index (χ0n) is 10.9. The van der Waals surface area contributed by atoms with Gasteiger partial charge in [-0.2, -0.15) is 0 Å². The molecule has 93 valence electrons. The van der Waals surface area contributed by atoms with Gasteiger partial charge in [-0.05, 0) is 49.7 Å². The highest BCUT2D eigenvalue weighted by Crippen LogP contribution is 2.49. The van der Waals surface area contributed by atoms with Crippen LogP contribution in [0.4, 0.5) is 5.69 Å². The molecule has 0 bridgehead atoms. The Balaban J connectivity index is 1.71. The lowest BCUT2D eigenvalue weighted by molar-refractivity contribution is 0.342. The monoisotopic (exact) mass is 238 g/mol. The molecule has 18 heavy (non-hydrogen) atoms.